The summed E-state index contributed by atoms with van der Waals surface area (Å²) >= 11 is 0. The topological polar surface area (TPSA) is 161 Å². The number of hydrogen-bond donors (Lipinski definition) is 0. The standard InChI is InChI=1S/2Fe.Mg.2H2O4S/c;;;2*1-5(2,3)4/h;;;2*(H2,1,2,3,4)/q;2*+2;;/p-4. The normalized spacial score (nSPS) is 8.92. The zero-order valence-corrected chi connectivity index (χ0v) is 10.8. The molecule has 0 spiro atoms. The fourth-order valence-corrected chi connectivity index (χ4v) is 0. The van der Waals surface area contributed by atoms with Gasteiger partial charge in [-0.1, -0.05) is 0 Å². The van der Waals surface area contributed by atoms with Crippen molar-refractivity contribution in [1.29, 1.82) is 0 Å². The van der Waals surface area contributed by atoms with Gasteiger partial charge in [0.2, 0.25) is 0 Å². The molecule has 0 rings (SSSR count). The van der Waals surface area contributed by atoms with E-state index >= 15 is 0 Å². The minimum atomic E-state index is -5.17. The zero-order chi connectivity index (χ0) is 9.00. The molecular formula is Fe2MgO8S2. The first kappa shape index (κ1) is 29.3. The maximum atomic E-state index is 8.52. The Kier molecular flexibility index (Phi) is 26.2. The molecule has 13 heteroatoms. The van der Waals surface area contributed by atoms with Crippen LogP contribution in [0.3, 0.4) is 0 Å². The van der Waals surface area contributed by atoms with E-state index in [1.165, 1.54) is 0 Å². The van der Waals surface area contributed by atoms with E-state index in [1.54, 1.807) is 0 Å². The van der Waals surface area contributed by atoms with Crippen LogP contribution in [-0.4, -0.2) is 58.1 Å². The van der Waals surface area contributed by atoms with E-state index in [-0.39, 0.29) is 57.2 Å². The molecule has 13 heavy (non-hydrogen) atoms. The van der Waals surface area contributed by atoms with Crippen LogP contribution in [0.5, 0.6) is 0 Å². The molecule has 0 aromatic heterocycles. The summed E-state index contributed by atoms with van der Waals surface area (Å²) in [4.78, 5) is 0. The molecule has 0 N–H and O–H groups in total. The predicted octanol–water partition coefficient (Wildman–Crippen LogP) is -3.06. The second-order valence-corrected chi connectivity index (χ2v) is 2.45. The van der Waals surface area contributed by atoms with Crippen LogP contribution in [-0.2, 0) is 54.9 Å². The van der Waals surface area contributed by atoms with Crippen LogP contribution >= 0.6 is 0 Å². The van der Waals surface area contributed by atoms with Gasteiger partial charge in [0.15, 0.2) is 0 Å². The van der Waals surface area contributed by atoms with E-state index in [9.17, 15) is 0 Å². The van der Waals surface area contributed by atoms with Gasteiger partial charge in [0.05, 0.1) is 0 Å². The summed E-state index contributed by atoms with van der Waals surface area (Å²) in [6.45, 7) is 0. The van der Waals surface area contributed by atoms with E-state index < -0.39 is 20.8 Å². The van der Waals surface area contributed by atoms with Gasteiger partial charge in [0.25, 0.3) is 0 Å². The predicted molar refractivity (Wildman–Crippen MR) is 26.7 cm³/mol. The van der Waals surface area contributed by atoms with Crippen LogP contribution in [0, 0.1) is 0 Å². The van der Waals surface area contributed by atoms with Gasteiger partial charge >= 0.3 is 40.1 Å². The van der Waals surface area contributed by atoms with Crippen LogP contribution in [0.4, 0.5) is 0 Å². The largest absolute Gasteiger partial charge is 2.00 e. The Morgan fingerprint density at radius 2 is 0.692 bits per heavy atom. The average Bonchev–Trinajstić information content (AvgIpc) is 1.12. The van der Waals surface area contributed by atoms with Crippen molar-refractivity contribution in [2.75, 3.05) is 0 Å². The molecule has 0 aliphatic carbocycles. The molecule has 0 aromatic rings. The average molecular weight is 328 g/mol. The van der Waals surface area contributed by atoms with E-state index in [1.807, 2.05) is 0 Å². The van der Waals surface area contributed by atoms with Crippen molar-refractivity contribution in [2.24, 2.45) is 0 Å². The Balaban J connectivity index is -0.0000000267. The summed E-state index contributed by atoms with van der Waals surface area (Å²) in [6.07, 6.45) is 0. The minimum absolute atomic E-state index is 0. The van der Waals surface area contributed by atoms with Crippen molar-refractivity contribution in [3.8, 4) is 0 Å². The first-order chi connectivity index (χ1) is 4.00. The molecule has 78 valence electrons. The molecule has 0 aliphatic heterocycles. The number of hydrogen-bond acceptors (Lipinski definition) is 8. The van der Waals surface area contributed by atoms with Crippen LogP contribution < -0.4 is 0 Å². The third kappa shape index (κ3) is 756. The van der Waals surface area contributed by atoms with Crippen molar-refractivity contribution in [3.63, 3.8) is 0 Å². The second kappa shape index (κ2) is 11.6. The zero-order valence-electron chi connectivity index (χ0n) is 5.50. The van der Waals surface area contributed by atoms with E-state index in [0.29, 0.717) is 0 Å². The van der Waals surface area contributed by atoms with Gasteiger partial charge in [0.1, 0.15) is 0 Å². The van der Waals surface area contributed by atoms with Crippen LogP contribution in [0.2, 0.25) is 0 Å². The Morgan fingerprint density at radius 1 is 0.692 bits per heavy atom. The van der Waals surface area contributed by atoms with Gasteiger partial charge in [0, 0.05) is 37.9 Å². The molecule has 0 aliphatic rings. The summed E-state index contributed by atoms with van der Waals surface area (Å²) in [5, 5.41) is 0. The Hall–Kier alpha value is 1.55. The summed E-state index contributed by atoms with van der Waals surface area (Å²) in [7, 11) is -10.3. The van der Waals surface area contributed by atoms with Crippen LogP contribution in [0.25, 0.3) is 0 Å². The van der Waals surface area contributed by atoms with E-state index in [2.05, 4.69) is 0 Å². The quantitative estimate of drug-likeness (QED) is 0.257. The van der Waals surface area contributed by atoms with Crippen molar-refractivity contribution in [1.82, 2.24) is 0 Å². The third-order valence-corrected chi connectivity index (χ3v) is 0. The fourth-order valence-electron chi connectivity index (χ4n) is 0. The van der Waals surface area contributed by atoms with Gasteiger partial charge in [-0.3, -0.25) is 16.8 Å². The van der Waals surface area contributed by atoms with E-state index in [0.717, 1.165) is 0 Å². The SMILES string of the molecule is O=S(=O)([O-])[O-].O=S(=O)([O-])[O-].[Fe+2].[Fe].[Mg+2]. The Labute approximate surface area is 112 Å². The van der Waals surface area contributed by atoms with Crippen LogP contribution in [0.1, 0.15) is 0 Å². The summed E-state index contributed by atoms with van der Waals surface area (Å²) in [6, 6.07) is 0. The van der Waals surface area contributed by atoms with Gasteiger partial charge in [-0.25, -0.2) is 0 Å². The molecule has 0 heterocycles. The molecule has 0 radical (unpaired) electrons. The first-order valence-corrected chi connectivity index (χ1v) is 4.00. The Bertz CT molecular complexity index is 217. The molecule has 0 saturated carbocycles. The maximum absolute atomic E-state index is 8.52. The minimum Gasteiger partial charge on any atom is -0.759 e. The van der Waals surface area contributed by atoms with Crippen molar-refractivity contribution >= 4 is 43.9 Å². The second-order valence-electron chi connectivity index (χ2n) is 0.816. The first-order valence-electron chi connectivity index (χ1n) is 1.33. The molecule has 8 nitrogen and oxygen atoms in total. The molecule has 0 aromatic carbocycles. The summed E-state index contributed by atoms with van der Waals surface area (Å²) in [5.74, 6) is 0. The molecule has 0 bridgehead atoms. The van der Waals surface area contributed by atoms with Gasteiger partial charge in [-0.15, -0.1) is 0 Å². The molecule has 0 atom stereocenters. The van der Waals surface area contributed by atoms with Gasteiger partial charge < -0.3 is 18.2 Å². The molecule has 0 fully saturated rings. The molecule has 0 saturated heterocycles. The van der Waals surface area contributed by atoms with Gasteiger partial charge in [-0.2, -0.15) is 0 Å². The third-order valence-electron chi connectivity index (χ3n) is 0. The van der Waals surface area contributed by atoms with E-state index in [4.69, 9.17) is 35.0 Å². The number of rotatable bonds is 0. The molecule has 0 amide bonds. The smallest absolute Gasteiger partial charge is 0.759 e. The fraction of sp³-hybridized carbons (Fsp3) is 0. The maximum Gasteiger partial charge on any atom is 2.00 e. The van der Waals surface area contributed by atoms with Gasteiger partial charge in [-0.05, 0) is 0 Å². The van der Waals surface area contributed by atoms with Crippen molar-refractivity contribution in [2.45, 2.75) is 0 Å². The van der Waals surface area contributed by atoms with Crippen LogP contribution in [0.15, 0.2) is 0 Å². The Morgan fingerprint density at radius 3 is 0.692 bits per heavy atom. The van der Waals surface area contributed by atoms with Crippen molar-refractivity contribution < 1.29 is 69.2 Å². The van der Waals surface area contributed by atoms with Crippen molar-refractivity contribution in [3.05, 3.63) is 0 Å². The monoisotopic (exact) mass is 328 g/mol. The molecular weight excluding hydrogens is 328 g/mol. The summed E-state index contributed by atoms with van der Waals surface area (Å²) in [5.41, 5.74) is 0. The summed E-state index contributed by atoms with van der Waals surface area (Å²) < 4.78 is 68.2. The molecule has 0 unspecified atom stereocenters.